The molecule has 0 spiro atoms. The van der Waals surface area contributed by atoms with E-state index in [9.17, 15) is 4.79 Å². The van der Waals surface area contributed by atoms with Gasteiger partial charge in [0.05, 0.1) is 6.33 Å². The topological polar surface area (TPSA) is 84.2 Å². The summed E-state index contributed by atoms with van der Waals surface area (Å²) in [5.41, 5.74) is 5.23. The molecule has 0 amide bonds. The number of H-pyrrole nitrogens is 1. The predicted octanol–water partition coefficient (Wildman–Crippen LogP) is 0.850. The molecule has 1 aromatic heterocycles. The van der Waals surface area contributed by atoms with Crippen LogP contribution in [0.15, 0.2) is 11.1 Å². The molecule has 0 unspecified atom stereocenters. The first-order chi connectivity index (χ1) is 8.43. The van der Waals surface area contributed by atoms with E-state index in [0.717, 1.165) is 6.54 Å². The molecule has 0 saturated heterocycles. The second-order valence-electron chi connectivity index (χ2n) is 4.72. The molecular formula is C12H22N4O2. The second-order valence-corrected chi connectivity index (χ2v) is 4.72. The maximum atomic E-state index is 11.2. The van der Waals surface area contributed by atoms with Gasteiger partial charge in [0.2, 0.25) is 5.88 Å². The molecule has 3 N–H and O–H groups in total. The Morgan fingerprint density at radius 3 is 2.56 bits per heavy atom. The summed E-state index contributed by atoms with van der Waals surface area (Å²) in [4.78, 5) is 19.8. The second kappa shape index (κ2) is 6.39. The number of nitrogens with zero attached hydrogens (tertiary/aromatic N) is 2. The van der Waals surface area contributed by atoms with Crippen LogP contribution in [0.4, 0.5) is 5.69 Å². The first-order valence-corrected chi connectivity index (χ1v) is 6.15. The van der Waals surface area contributed by atoms with Crippen LogP contribution in [0.5, 0.6) is 5.88 Å². The molecule has 18 heavy (non-hydrogen) atoms. The van der Waals surface area contributed by atoms with Gasteiger partial charge in [-0.25, -0.2) is 4.98 Å². The van der Waals surface area contributed by atoms with E-state index in [4.69, 9.17) is 10.5 Å². The van der Waals surface area contributed by atoms with Gasteiger partial charge >= 0.3 is 0 Å². The zero-order valence-electron chi connectivity index (χ0n) is 11.4. The number of nitrogen functional groups attached to an aromatic ring is 1. The first-order valence-electron chi connectivity index (χ1n) is 6.15. The van der Waals surface area contributed by atoms with Crippen LogP contribution in [0.1, 0.15) is 27.7 Å². The van der Waals surface area contributed by atoms with E-state index in [0.29, 0.717) is 18.7 Å². The minimum Gasteiger partial charge on any atom is -0.475 e. The fourth-order valence-electron chi connectivity index (χ4n) is 1.87. The van der Waals surface area contributed by atoms with Crippen LogP contribution < -0.4 is 16.0 Å². The number of ether oxygens (including phenoxy) is 1. The van der Waals surface area contributed by atoms with Gasteiger partial charge < -0.3 is 15.5 Å². The van der Waals surface area contributed by atoms with Crippen LogP contribution >= 0.6 is 0 Å². The van der Waals surface area contributed by atoms with E-state index in [-0.39, 0.29) is 17.1 Å². The molecular weight excluding hydrogens is 232 g/mol. The third kappa shape index (κ3) is 3.73. The van der Waals surface area contributed by atoms with E-state index < -0.39 is 0 Å². The highest BCUT2D eigenvalue weighted by Gasteiger charge is 2.13. The number of aromatic nitrogens is 2. The molecule has 1 aromatic rings. The summed E-state index contributed by atoms with van der Waals surface area (Å²) >= 11 is 0. The smallest absolute Gasteiger partial charge is 0.277 e. The molecule has 0 fully saturated rings. The molecule has 1 rings (SSSR count). The van der Waals surface area contributed by atoms with Crippen molar-refractivity contribution in [3.8, 4) is 5.88 Å². The van der Waals surface area contributed by atoms with E-state index in [1.54, 1.807) is 0 Å². The minimum atomic E-state index is -0.371. The monoisotopic (exact) mass is 254 g/mol. The molecule has 0 bridgehead atoms. The Labute approximate surface area is 107 Å². The predicted molar refractivity (Wildman–Crippen MR) is 71.7 cm³/mol. The van der Waals surface area contributed by atoms with Crippen molar-refractivity contribution in [2.24, 2.45) is 0 Å². The number of nitrogens with two attached hydrogens (primary N) is 1. The first kappa shape index (κ1) is 14.5. The van der Waals surface area contributed by atoms with Gasteiger partial charge in [-0.3, -0.25) is 9.69 Å². The highest BCUT2D eigenvalue weighted by atomic mass is 16.5. The average molecular weight is 254 g/mol. The van der Waals surface area contributed by atoms with Gasteiger partial charge in [-0.1, -0.05) is 0 Å². The summed E-state index contributed by atoms with van der Waals surface area (Å²) < 4.78 is 5.45. The molecule has 0 atom stereocenters. The van der Waals surface area contributed by atoms with Crippen LogP contribution in [-0.2, 0) is 0 Å². The fourth-order valence-corrected chi connectivity index (χ4v) is 1.87. The maximum absolute atomic E-state index is 11.2. The molecule has 1 heterocycles. The Morgan fingerprint density at radius 1 is 1.39 bits per heavy atom. The number of anilines is 1. The molecule has 0 aliphatic rings. The number of hydrogen-bond donors (Lipinski definition) is 2. The van der Waals surface area contributed by atoms with E-state index in [1.165, 1.54) is 6.33 Å². The lowest BCUT2D eigenvalue weighted by Crippen LogP contribution is -2.39. The molecule has 0 saturated carbocycles. The number of hydrogen-bond acceptors (Lipinski definition) is 5. The molecule has 0 aromatic carbocycles. The number of nitrogens with one attached hydrogen (secondary N) is 1. The normalized spacial score (nSPS) is 11.5. The van der Waals surface area contributed by atoms with Crippen LogP contribution in [-0.4, -0.2) is 40.1 Å². The minimum absolute atomic E-state index is 0.0261. The Bertz CT molecular complexity index is 420. The third-order valence-electron chi connectivity index (χ3n) is 2.77. The van der Waals surface area contributed by atoms with Gasteiger partial charge in [-0.05, 0) is 27.7 Å². The lowest BCUT2D eigenvalue weighted by atomic mass is 10.2. The molecule has 0 aliphatic heterocycles. The largest absolute Gasteiger partial charge is 0.475 e. The van der Waals surface area contributed by atoms with E-state index >= 15 is 0 Å². The van der Waals surface area contributed by atoms with Crippen molar-refractivity contribution in [1.29, 1.82) is 0 Å². The van der Waals surface area contributed by atoms with Gasteiger partial charge in [0, 0.05) is 18.6 Å². The zero-order valence-corrected chi connectivity index (χ0v) is 11.4. The molecule has 6 heteroatoms. The summed E-state index contributed by atoms with van der Waals surface area (Å²) in [5, 5.41) is 0. The summed E-state index contributed by atoms with van der Waals surface area (Å²) in [5.74, 6) is 0.200. The SMILES string of the molecule is CC(C)N(CCOc1nc[nH]c(=O)c1N)C(C)C. The van der Waals surface area contributed by atoms with Crippen molar-refractivity contribution in [2.75, 3.05) is 18.9 Å². The average Bonchev–Trinajstić information content (AvgIpc) is 2.28. The lowest BCUT2D eigenvalue weighted by molar-refractivity contribution is 0.140. The number of aromatic amines is 1. The van der Waals surface area contributed by atoms with Crippen LogP contribution in [0.2, 0.25) is 0 Å². The highest BCUT2D eigenvalue weighted by molar-refractivity contribution is 5.44. The van der Waals surface area contributed by atoms with Crippen LogP contribution in [0.25, 0.3) is 0 Å². The van der Waals surface area contributed by atoms with Gasteiger partial charge in [0.1, 0.15) is 6.61 Å². The van der Waals surface area contributed by atoms with Crippen molar-refractivity contribution < 1.29 is 4.74 Å². The van der Waals surface area contributed by atoms with Crippen molar-refractivity contribution in [3.05, 3.63) is 16.7 Å². The molecule has 102 valence electrons. The molecule has 6 nitrogen and oxygen atoms in total. The fraction of sp³-hybridized carbons (Fsp3) is 0.667. The van der Waals surface area contributed by atoms with Crippen LogP contribution in [0, 0.1) is 0 Å². The van der Waals surface area contributed by atoms with Crippen LogP contribution in [0.3, 0.4) is 0 Å². The Hall–Kier alpha value is -1.56. The Morgan fingerprint density at radius 2 is 2.00 bits per heavy atom. The Balaban J connectivity index is 2.56. The number of rotatable bonds is 6. The van der Waals surface area contributed by atoms with E-state index in [2.05, 4.69) is 42.6 Å². The van der Waals surface area contributed by atoms with Crippen molar-refractivity contribution in [2.45, 2.75) is 39.8 Å². The lowest BCUT2D eigenvalue weighted by Gasteiger charge is -2.30. The van der Waals surface area contributed by atoms with Crippen molar-refractivity contribution in [1.82, 2.24) is 14.9 Å². The Kier molecular flexibility index (Phi) is 5.15. The van der Waals surface area contributed by atoms with Gasteiger partial charge in [0.25, 0.3) is 5.56 Å². The highest BCUT2D eigenvalue weighted by Crippen LogP contribution is 2.11. The third-order valence-corrected chi connectivity index (χ3v) is 2.77. The summed E-state index contributed by atoms with van der Waals surface area (Å²) in [6.07, 6.45) is 1.29. The standard InChI is InChI=1S/C12H22N4O2/c1-8(2)16(9(3)4)5-6-18-12-10(13)11(17)14-7-15-12/h7-9H,5-6,13H2,1-4H3,(H,14,15,17). The van der Waals surface area contributed by atoms with Crippen molar-refractivity contribution in [3.63, 3.8) is 0 Å². The van der Waals surface area contributed by atoms with Gasteiger partial charge in [-0.2, -0.15) is 0 Å². The maximum Gasteiger partial charge on any atom is 0.277 e. The van der Waals surface area contributed by atoms with E-state index in [1.807, 2.05) is 0 Å². The summed E-state index contributed by atoms with van der Waals surface area (Å²) in [7, 11) is 0. The zero-order chi connectivity index (χ0) is 13.7. The van der Waals surface area contributed by atoms with Gasteiger partial charge in [0.15, 0.2) is 5.69 Å². The quantitative estimate of drug-likeness (QED) is 0.786. The molecule has 0 aliphatic carbocycles. The molecule has 0 radical (unpaired) electrons. The summed E-state index contributed by atoms with van der Waals surface area (Å²) in [6.45, 7) is 9.78. The summed E-state index contributed by atoms with van der Waals surface area (Å²) in [6, 6.07) is 0.885. The van der Waals surface area contributed by atoms with Gasteiger partial charge in [-0.15, -0.1) is 0 Å². The van der Waals surface area contributed by atoms with Crippen molar-refractivity contribution >= 4 is 5.69 Å².